The van der Waals surface area contributed by atoms with Crippen LogP contribution in [-0.4, -0.2) is 63.9 Å². The fourth-order valence-electron chi connectivity index (χ4n) is 4.62. The highest BCUT2D eigenvalue weighted by molar-refractivity contribution is 5.76. The standard InChI is InChI=1S/C24H34N4O2/c1-19-16-20(2)28(25-19)18-24(29)27-14-10-23(11-15-27)30-22-8-12-26(13-9-22)17-21-6-4-3-5-7-21/h3-7,16,22-23H,8-15,17-18H2,1-2H3. The summed E-state index contributed by atoms with van der Waals surface area (Å²) in [5, 5.41) is 4.41. The number of aromatic nitrogens is 2. The predicted octanol–water partition coefficient (Wildman–Crippen LogP) is 3.17. The zero-order chi connectivity index (χ0) is 20.9. The normalized spacial score (nSPS) is 19.3. The van der Waals surface area contributed by atoms with E-state index < -0.39 is 0 Å². The molecule has 0 spiro atoms. The number of nitrogens with zero attached hydrogens (tertiary/aromatic N) is 4. The fourth-order valence-corrected chi connectivity index (χ4v) is 4.62. The van der Waals surface area contributed by atoms with Gasteiger partial charge >= 0.3 is 0 Å². The monoisotopic (exact) mass is 410 g/mol. The predicted molar refractivity (Wildman–Crippen MR) is 117 cm³/mol. The molecule has 0 unspecified atom stereocenters. The van der Waals surface area contributed by atoms with Gasteiger partial charge in [-0.2, -0.15) is 5.10 Å². The largest absolute Gasteiger partial charge is 0.375 e. The quantitative estimate of drug-likeness (QED) is 0.734. The van der Waals surface area contributed by atoms with Crippen molar-refractivity contribution in [3.8, 4) is 0 Å². The van der Waals surface area contributed by atoms with Crippen molar-refractivity contribution in [3.63, 3.8) is 0 Å². The van der Waals surface area contributed by atoms with E-state index in [2.05, 4.69) is 40.3 Å². The number of ether oxygens (including phenoxy) is 1. The van der Waals surface area contributed by atoms with Gasteiger partial charge < -0.3 is 9.64 Å². The number of hydrogen-bond donors (Lipinski definition) is 0. The molecule has 2 aromatic rings. The molecule has 6 nitrogen and oxygen atoms in total. The highest BCUT2D eigenvalue weighted by Gasteiger charge is 2.27. The SMILES string of the molecule is Cc1cc(C)n(CC(=O)N2CCC(OC3CCN(Cc4ccccc4)CC3)CC2)n1. The van der Waals surface area contributed by atoms with Gasteiger partial charge in [-0.3, -0.25) is 14.4 Å². The van der Waals surface area contributed by atoms with Crippen LogP contribution >= 0.6 is 0 Å². The van der Waals surface area contributed by atoms with Gasteiger partial charge in [0.05, 0.1) is 17.9 Å². The molecule has 2 aliphatic rings. The summed E-state index contributed by atoms with van der Waals surface area (Å²) in [6.45, 7) is 9.10. The van der Waals surface area contributed by atoms with Gasteiger partial charge in [0.15, 0.2) is 0 Å². The van der Waals surface area contributed by atoms with E-state index in [0.29, 0.717) is 12.6 Å². The molecule has 0 radical (unpaired) electrons. The Morgan fingerprint density at radius 2 is 1.63 bits per heavy atom. The number of amides is 1. The molecule has 30 heavy (non-hydrogen) atoms. The second kappa shape index (κ2) is 9.75. The molecule has 2 fully saturated rings. The van der Waals surface area contributed by atoms with Crippen LogP contribution in [0, 0.1) is 13.8 Å². The minimum atomic E-state index is 0.161. The van der Waals surface area contributed by atoms with Crippen LogP contribution in [0.25, 0.3) is 0 Å². The van der Waals surface area contributed by atoms with Crippen molar-refractivity contribution in [2.75, 3.05) is 26.2 Å². The molecule has 162 valence electrons. The lowest BCUT2D eigenvalue weighted by Gasteiger charge is -2.37. The van der Waals surface area contributed by atoms with E-state index in [1.54, 1.807) is 0 Å². The minimum absolute atomic E-state index is 0.161. The smallest absolute Gasteiger partial charge is 0.244 e. The first kappa shape index (κ1) is 21.1. The summed E-state index contributed by atoms with van der Waals surface area (Å²) in [6, 6.07) is 12.7. The van der Waals surface area contributed by atoms with Crippen LogP contribution in [0.4, 0.5) is 0 Å². The number of hydrogen-bond acceptors (Lipinski definition) is 4. The van der Waals surface area contributed by atoms with Crippen LogP contribution in [0.1, 0.15) is 42.6 Å². The summed E-state index contributed by atoms with van der Waals surface area (Å²) in [5.41, 5.74) is 3.38. The number of piperidine rings is 2. The Bertz CT molecular complexity index is 819. The molecule has 1 aromatic carbocycles. The number of benzene rings is 1. The summed E-state index contributed by atoms with van der Waals surface area (Å²) < 4.78 is 8.23. The summed E-state index contributed by atoms with van der Waals surface area (Å²) in [5.74, 6) is 0.161. The van der Waals surface area contributed by atoms with Crippen molar-refractivity contribution < 1.29 is 9.53 Å². The Labute approximate surface area is 179 Å². The first-order chi connectivity index (χ1) is 14.6. The van der Waals surface area contributed by atoms with Crippen LogP contribution in [0.5, 0.6) is 0 Å². The van der Waals surface area contributed by atoms with Gasteiger partial charge in [-0.25, -0.2) is 0 Å². The lowest BCUT2D eigenvalue weighted by molar-refractivity contribution is -0.136. The van der Waals surface area contributed by atoms with Gasteiger partial charge in [0.1, 0.15) is 6.54 Å². The molecule has 2 aliphatic heterocycles. The number of likely N-dealkylation sites (tertiary alicyclic amines) is 2. The fraction of sp³-hybridized carbons (Fsp3) is 0.583. The third-order valence-corrected chi connectivity index (χ3v) is 6.35. The maximum Gasteiger partial charge on any atom is 0.244 e. The molecule has 2 saturated heterocycles. The lowest BCUT2D eigenvalue weighted by Crippen LogP contribution is -2.44. The third kappa shape index (κ3) is 5.49. The van der Waals surface area contributed by atoms with E-state index >= 15 is 0 Å². The van der Waals surface area contributed by atoms with Crippen molar-refractivity contribution in [2.45, 2.75) is 64.8 Å². The number of aryl methyl sites for hydroxylation is 2. The number of carbonyl (C=O) groups excluding carboxylic acids is 1. The summed E-state index contributed by atoms with van der Waals surface area (Å²) in [4.78, 5) is 17.1. The van der Waals surface area contributed by atoms with Gasteiger partial charge in [0, 0.05) is 38.4 Å². The number of carbonyl (C=O) groups is 1. The third-order valence-electron chi connectivity index (χ3n) is 6.35. The van der Waals surface area contributed by atoms with Crippen molar-refractivity contribution >= 4 is 5.91 Å². The second-order valence-electron chi connectivity index (χ2n) is 8.76. The maximum absolute atomic E-state index is 12.6. The molecule has 1 aromatic heterocycles. The summed E-state index contributed by atoms with van der Waals surface area (Å²) in [7, 11) is 0. The Morgan fingerprint density at radius 1 is 1.00 bits per heavy atom. The molecular formula is C24H34N4O2. The van der Waals surface area contributed by atoms with Crippen molar-refractivity contribution in [2.24, 2.45) is 0 Å². The van der Waals surface area contributed by atoms with Crippen LogP contribution in [-0.2, 0) is 22.6 Å². The van der Waals surface area contributed by atoms with Gasteiger partial charge in [-0.1, -0.05) is 30.3 Å². The zero-order valence-corrected chi connectivity index (χ0v) is 18.3. The molecule has 3 heterocycles. The van der Waals surface area contributed by atoms with E-state index in [1.165, 1.54) is 5.56 Å². The van der Waals surface area contributed by atoms with Gasteiger partial charge in [0.25, 0.3) is 0 Å². The molecular weight excluding hydrogens is 376 g/mol. The Balaban J connectivity index is 1.16. The molecule has 0 saturated carbocycles. The minimum Gasteiger partial charge on any atom is -0.375 e. The van der Waals surface area contributed by atoms with Crippen LogP contribution < -0.4 is 0 Å². The molecule has 0 atom stereocenters. The average Bonchev–Trinajstić information content (AvgIpc) is 3.07. The molecule has 1 amide bonds. The summed E-state index contributed by atoms with van der Waals surface area (Å²) >= 11 is 0. The zero-order valence-electron chi connectivity index (χ0n) is 18.3. The highest BCUT2D eigenvalue weighted by Crippen LogP contribution is 2.22. The van der Waals surface area contributed by atoms with Crippen LogP contribution in [0.2, 0.25) is 0 Å². The Morgan fingerprint density at radius 3 is 2.23 bits per heavy atom. The van der Waals surface area contributed by atoms with Crippen LogP contribution in [0.15, 0.2) is 36.4 Å². The highest BCUT2D eigenvalue weighted by atomic mass is 16.5. The molecule has 4 rings (SSSR count). The first-order valence-electron chi connectivity index (χ1n) is 11.3. The van der Waals surface area contributed by atoms with Crippen molar-refractivity contribution in [1.82, 2.24) is 19.6 Å². The Hall–Kier alpha value is -2.18. The topological polar surface area (TPSA) is 50.6 Å². The van der Waals surface area contributed by atoms with E-state index in [9.17, 15) is 4.79 Å². The number of rotatable bonds is 6. The second-order valence-corrected chi connectivity index (χ2v) is 8.76. The van der Waals surface area contributed by atoms with Gasteiger partial charge in [-0.15, -0.1) is 0 Å². The maximum atomic E-state index is 12.6. The van der Waals surface area contributed by atoms with Crippen molar-refractivity contribution in [3.05, 3.63) is 53.3 Å². The van der Waals surface area contributed by atoms with Gasteiger partial charge in [-0.05, 0) is 51.2 Å². The molecule has 6 heteroatoms. The van der Waals surface area contributed by atoms with E-state index in [-0.39, 0.29) is 12.0 Å². The molecule has 0 N–H and O–H groups in total. The lowest BCUT2D eigenvalue weighted by atomic mass is 10.0. The van der Waals surface area contributed by atoms with Gasteiger partial charge in [0.2, 0.25) is 5.91 Å². The molecule has 0 bridgehead atoms. The van der Waals surface area contributed by atoms with Crippen molar-refractivity contribution in [1.29, 1.82) is 0 Å². The van der Waals surface area contributed by atoms with E-state index in [4.69, 9.17) is 4.74 Å². The average molecular weight is 411 g/mol. The van der Waals surface area contributed by atoms with E-state index in [0.717, 1.165) is 69.8 Å². The summed E-state index contributed by atoms with van der Waals surface area (Å²) in [6.07, 6.45) is 4.72. The van der Waals surface area contributed by atoms with Crippen LogP contribution in [0.3, 0.4) is 0 Å². The first-order valence-corrected chi connectivity index (χ1v) is 11.3. The van der Waals surface area contributed by atoms with E-state index in [1.807, 2.05) is 29.5 Å². The Kier molecular flexibility index (Phi) is 6.85. The molecule has 0 aliphatic carbocycles.